The zero-order valence-corrected chi connectivity index (χ0v) is 12.1. The Balaban J connectivity index is 2.37. The number of aliphatic hydroxyl groups is 1. The number of allylic oxidation sites excluding steroid dienone is 1. The molecule has 0 radical (unpaired) electrons. The molecule has 0 aliphatic rings. The molecule has 20 heavy (non-hydrogen) atoms. The molecule has 0 saturated heterocycles. The Kier molecular flexibility index (Phi) is 5.38. The zero-order chi connectivity index (χ0) is 14.4. The van der Waals surface area contributed by atoms with E-state index in [2.05, 4.69) is 11.6 Å². The lowest BCUT2D eigenvalue weighted by atomic mass is 10.2. The smallest absolute Gasteiger partial charge is 0.262 e. The number of thioether (sulfide) groups is 1. The molecule has 1 N–H and O–H groups in total. The lowest BCUT2D eigenvalue weighted by Gasteiger charge is -2.11. The van der Waals surface area contributed by atoms with Crippen LogP contribution in [0.2, 0.25) is 0 Å². The number of benzene rings is 1. The molecule has 2 rings (SSSR count). The third-order valence-electron chi connectivity index (χ3n) is 2.92. The van der Waals surface area contributed by atoms with Crippen LogP contribution < -0.4 is 5.56 Å². The van der Waals surface area contributed by atoms with E-state index >= 15 is 0 Å². The summed E-state index contributed by atoms with van der Waals surface area (Å²) in [5, 5.41) is 10.1. The van der Waals surface area contributed by atoms with Gasteiger partial charge in [-0.05, 0) is 25.0 Å². The fourth-order valence-electron chi connectivity index (χ4n) is 1.93. The van der Waals surface area contributed by atoms with Gasteiger partial charge in [0.25, 0.3) is 5.56 Å². The predicted molar refractivity (Wildman–Crippen MR) is 83.2 cm³/mol. The van der Waals surface area contributed by atoms with E-state index in [4.69, 9.17) is 5.11 Å². The predicted octanol–water partition coefficient (Wildman–Crippen LogP) is 2.45. The number of rotatable bonds is 7. The van der Waals surface area contributed by atoms with Crippen molar-refractivity contribution in [3.63, 3.8) is 0 Å². The molecule has 0 aliphatic heterocycles. The second-order valence-corrected chi connectivity index (χ2v) is 5.46. The molecule has 4 nitrogen and oxygen atoms in total. The summed E-state index contributed by atoms with van der Waals surface area (Å²) >= 11 is 1.55. The molecule has 1 aromatic heterocycles. The highest BCUT2D eigenvalue weighted by molar-refractivity contribution is 7.99. The van der Waals surface area contributed by atoms with Crippen molar-refractivity contribution in [1.82, 2.24) is 9.55 Å². The van der Waals surface area contributed by atoms with Gasteiger partial charge in [0.15, 0.2) is 5.16 Å². The topological polar surface area (TPSA) is 55.1 Å². The third-order valence-corrected chi connectivity index (χ3v) is 3.98. The molecule has 0 atom stereocenters. The largest absolute Gasteiger partial charge is 0.396 e. The molecule has 1 heterocycles. The van der Waals surface area contributed by atoms with E-state index in [1.54, 1.807) is 28.5 Å². The average molecular weight is 290 g/mol. The highest BCUT2D eigenvalue weighted by Gasteiger charge is 2.09. The van der Waals surface area contributed by atoms with Crippen LogP contribution in [0.3, 0.4) is 0 Å². The Hall–Kier alpha value is -1.59. The summed E-state index contributed by atoms with van der Waals surface area (Å²) in [6.45, 7) is 4.36. The normalized spacial score (nSPS) is 10.8. The maximum absolute atomic E-state index is 12.4. The number of para-hydroxylation sites is 1. The summed E-state index contributed by atoms with van der Waals surface area (Å²) in [7, 11) is 0. The van der Waals surface area contributed by atoms with Crippen molar-refractivity contribution in [2.75, 3.05) is 12.4 Å². The molecule has 106 valence electrons. The van der Waals surface area contributed by atoms with Crippen molar-refractivity contribution in [1.29, 1.82) is 0 Å². The van der Waals surface area contributed by atoms with Crippen LogP contribution in [0, 0.1) is 0 Å². The van der Waals surface area contributed by atoms with E-state index in [0.717, 1.165) is 24.1 Å². The Morgan fingerprint density at radius 1 is 1.35 bits per heavy atom. The molecular weight excluding hydrogens is 272 g/mol. The minimum atomic E-state index is -0.0276. The standard InChI is InChI=1S/C15H18N2O2S/c1-2-9-17-14(19)12-7-3-4-8-13(12)16-15(17)20-11-6-5-10-18/h2-4,7-8,18H,1,5-6,9-11H2. The summed E-state index contributed by atoms with van der Waals surface area (Å²) < 4.78 is 1.65. The quantitative estimate of drug-likeness (QED) is 0.368. The van der Waals surface area contributed by atoms with Crippen LogP contribution in [0.4, 0.5) is 0 Å². The molecule has 0 fully saturated rings. The molecule has 5 heteroatoms. The van der Waals surface area contributed by atoms with Crippen LogP contribution in [0.15, 0.2) is 46.9 Å². The van der Waals surface area contributed by atoms with Gasteiger partial charge >= 0.3 is 0 Å². The van der Waals surface area contributed by atoms with Crippen molar-refractivity contribution in [2.24, 2.45) is 0 Å². The molecule has 2 aromatic rings. The Labute approximate surface area is 122 Å². The Morgan fingerprint density at radius 2 is 2.15 bits per heavy atom. The van der Waals surface area contributed by atoms with E-state index in [1.807, 2.05) is 18.2 Å². The summed E-state index contributed by atoms with van der Waals surface area (Å²) in [5.74, 6) is 0.836. The van der Waals surface area contributed by atoms with Gasteiger partial charge in [-0.25, -0.2) is 4.98 Å². The maximum Gasteiger partial charge on any atom is 0.262 e. The molecule has 0 spiro atoms. The van der Waals surface area contributed by atoms with E-state index in [9.17, 15) is 4.79 Å². The minimum Gasteiger partial charge on any atom is -0.396 e. The van der Waals surface area contributed by atoms with Crippen molar-refractivity contribution in [2.45, 2.75) is 24.5 Å². The summed E-state index contributed by atoms with van der Waals surface area (Å²) in [5.41, 5.74) is 0.697. The first-order chi connectivity index (χ1) is 9.77. The van der Waals surface area contributed by atoms with Crippen LogP contribution in [0.1, 0.15) is 12.8 Å². The summed E-state index contributed by atoms with van der Waals surface area (Å²) in [6.07, 6.45) is 3.37. The zero-order valence-electron chi connectivity index (χ0n) is 11.3. The van der Waals surface area contributed by atoms with Gasteiger partial charge in [-0.3, -0.25) is 9.36 Å². The van der Waals surface area contributed by atoms with Gasteiger partial charge in [-0.15, -0.1) is 6.58 Å². The van der Waals surface area contributed by atoms with Crippen LogP contribution in [-0.4, -0.2) is 27.0 Å². The van der Waals surface area contributed by atoms with E-state index in [0.29, 0.717) is 17.1 Å². The monoisotopic (exact) mass is 290 g/mol. The molecular formula is C15H18N2O2S. The highest BCUT2D eigenvalue weighted by atomic mass is 32.2. The first-order valence-electron chi connectivity index (χ1n) is 6.62. The van der Waals surface area contributed by atoms with Crippen molar-refractivity contribution in [3.05, 3.63) is 47.3 Å². The first kappa shape index (κ1) is 14.8. The Morgan fingerprint density at radius 3 is 2.90 bits per heavy atom. The SMILES string of the molecule is C=CCn1c(SCCCCO)nc2ccccc2c1=O. The summed E-state index contributed by atoms with van der Waals surface area (Å²) in [6, 6.07) is 7.38. The number of hydrogen-bond donors (Lipinski definition) is 1. The van der Waals surface area contributed by atoms with Crippen LogP contribution in [0.25, 0.3) is 10.9 Å². The number of fused-ring (bicyclic) bond motifs is 1. The fraction of sp³-hybridized carbons (Fsp3) is 0.333. The van der Waals surface area contributed by atoms with Gasteiger partial charge in [0.2, 0.25) is 0 Å². The Bertz CT molecular complexity index is 652. The highest BCUT2D eigenvalue weighted by Crippen LogP contribution is 2.19. The van der Waals surface area contributed by atoms with Gasteiger partial charge in [0.1, 0.15) is 0 Å². The lowest BCUT2D eigenvalue weighted by Crippen LogP contribution is -2.22. The minimum absolute atomic E-state index is 0.0276. The fourth-order valence-corrected chi connectivity index (χ4v) is 2.93. The number of unbranched alkanes of at least 4 members (excludes halogenated alkanes) is 1. The van der Waals surface area contributed by atoms with Gasteiger partial charge < -0.3 is 5.11 Å². The van der Waals surface area contributed by atoms with Gasteiger partial charge in [-0.1, -0.05) is 30.0 Å². The van der Waals surface area contributed by atoms with Crippen LogP contribution in [0.5, 0.6) is 0 Å². The number of nitrogens with zero attached hydrogens (tertiary/aromatic N) is 2. The number of aliphatic hydroxyl groups excluding tert-OH is 1. The van der Waals surface area contributed by atoms with E-state index in [-0.39, 0.29) is 12.2 Å². The average Bonchev–Trinajstić information content (AvgIpc) is 2.47. The van der Waals surface area contributed by atoms with E-state index in [1.165, 1.54) is 0 Å². The van der Waals surface area contributed by atoms with Crippen LogP contribution in [-0.2, 0) is 6.54 Å². The third kappa shape index (κ3) is 3.29. The summed E-state index contributed by atoms with van der Waals surface area (Å²) in [4.78, 5) is 17.0. The van der Waals surface area contributed by atoms with Gasteiger partial charge in [-0.2, -0.15) is 0 Å². The van der Waals surface area contributed by atoms with Crippen molar-refractivity contribution in [3.8, 4) is 0 Å². The molecule has 1 aromatic carbocycles. The second-order valence-electron chi connectivity index (χ2n) is 4.40. The molecule has 0 unspecified atom stereocenters. The van der Waals surface area contributed by atoms with E-state index < -0.39 is 0 Å². The van der Waals surface area contributed by atoms with Crippen LogP contribution >= 0.6 is 11.8 Å². The molecule has 0 aliphatic carbocycles. The van der Waals surface area contributed by atoms with Gasteiger partial charge in [0.05, 0.1) is 10.9 Å². The molecule has 0 saturated carbocycles. The number of hydrogen-bond acceptors (Lipinski definition) is 4. The molecule has 0 bridgehead atoms. The second kappa shape index (κ2) is 7.26. The van der Waals surface area contributed by atoms with Crippen molar-refractivity contribution >= 4 is 22.7 Å². The first-order valence-corrected chi connectivity index (χ1v) is 7.60. The molecule has 0 amide bonds. The maximum atomic E-state index is 12.4. The van der Waals surface area contributed by atoms with Crippen molar-refractivity contribution < 1.29 is 5.11 Å². The van der Waals surface area contributed by atoms with Gasteiger partial charge in [0, 0.05) is 18.9 Å². The number of aromatic nitrogens is 2. The lowest BCUT2D eigenvalue weighted by molar-refractivity contribution is 0.287.